The molecule has 0 atom stereocenters. The van der Waals surface area contributed by atoms with Gasteiger partial charge < -0.3 is 9.97 Å². The largest absolute Gasteiger partial charge is 0.346 e. The summed E-state index contributed by atoms with van der Waals surface area (Å²) in [7, 11) is 0. The number of hydrogen-bond donors (Lipinski definition) is 2. The quantitative estimate of drug-likeness (QED) is 0.311. The molecule has 2 N–H and O–H groups in total. The van der Waals surface area contributed by atoms with Crippen LogP contribution in [0.25, 0.3) is 44.5 Å². The highest BCUT2D eigenvalue weighted by Gasteiger charge is 2.23. The van der Waals surface area contributed by atoms with E-state index in [1.54, 1.807) is 0 Å². The van der Waals surface area contributed by atoms with Crippen LogP contribution < -0.4 is 0 Å². The van der Waals surface area contributed by atoms with Gasteiger partial charge in [-0.1, -0.05) is 56.3 Å². The molecule has 3 aromatic carbocycles. The average Bonchev–Trinajstić information content (AvgIpc) is 3.46. The molecule has 0 spiro atoms. The Morgan fingerprint density at radius 3 is 2.24 bits per heavy atom. The van der Waals surface area contributed by atoms with Crippen LogP contribution in [0.1, 0.15) is 53.8 Å². The van der Waals surface area contributed by atoms with Crippen LogP contribution in [0.3, 0.4) is 0 Å². The highest BCUT2D eigenvalue weighted by Crippen LogP contribution is 2.40. The second-order valence-corrected chi connectivity index (χ2v) is 10.2. The molecule has 4 nitrogen and oxygen atoms in total. The first-order valence-electron chi connectivity index (χ1n) is 12.4. The van der Waals surface area contributed by atoms with E-state index >= 15 is 0 Å². The third-order valence-electron chi connectivity index (χ3n) is 7.60. The van der Waals surface area contributed by atoms with Gasteiger partial charge in [0.2, 0.25) is 0 Å². The Morgan fingerprint density at radius 1 is 0.735 bits per heavy atom. The van der Waals surface area contributed by atoms with Gasteiger partial charge in [0.05, 0.1) is 16.7 Å². The molecule has 7 rings (SSSR count). The highest BCUT2D eigenvalue weighted by atomic mass is 14.9. The summed E-state index contributed by atoms with van der Waals surface area (Å²) in [5, 5.41) is 0. The van der Waals surface area contributed by atoms with Crippen LogP contribution in [0.15, 0.2) is 48.5 Å². The first kappa shape index (κ1) is 19.8. The number of imidazole rings is 2. The summed E-state index contributed by atoms with van der Waals surface area (Å²) < 4.78 is 0. The fourth-order valence-electron chi connectivity index (χ4n) is 5.85. The van der Waals surface area contributed by atoms with Crippen LogP contribution >= 0.6 is 0 Å². The zero-order valence-electron chi connectivity index (χ0n) is 19.9. The summed E-state index contributed by atoms with van der Waals surface area (Å²) in [6.07, 6.45) is 4.19. The third kappa shape index (κ3) is 2.91. The zero-order chi connectivity index (χ0) is 23.0. The fraction of sp³-hybridized carbons (Fsp3) is 0.267. The Bertz CT molecular complexity index is 1600. The lowest BCUT2D eigenvalue weighted by Crippen LogP contribution is -2.05. The van der Waals surface area contributed by atoms with Crippen LogP contribution in [-0.4, -0.2) is 19.9 Å². The number of H-pyrrole nitrogens is 2. The zero-order valence-corrected chi connectivity index (χ0v) is 19.9. The van der Waals surface area contributed by atoms with Gasteiger partial charge in [-0.05, 0) is 77.6 Å². The standard InChI is InChI=1S/C30H28N4/c1-16(2)30-33-27-13-11-24-22-8-4-18(14-20(22)6-10-25(24)29(27)34-30)19-5-9-23-21(15-19)7-12-26-28(23)32-17(3)31-26/h4-5,8-9,11,13-16H,6-7,10,12H2,1-3H3,(H,31,32)(H,33,34). The molecule has 2 heterocycles. The molecule has 168 valence electrons. The first-order chi connectivity index (χ1) is 16.5. The van der Waals surface area contributed by atoms with Gasteiger partial charge in [0.1, 0.15) is 11.6 Å². The SMILES string of the molecule is Cc1nc2c([nH]1)CCc1cc(-c3ccc4c(c3)CCc3c-4ccc4[nH]c(C(C)C)nc34)ccc1-2. The smallest absolute Gasteiger partial charge is 0.109 e. The molecule has 0 aliphatic heterocycles. The van der Waals surface area contributed by atoms with Crippen molar-refractivity contribution < 1.29 is 0 Å². The molecule has 34 heavy (non-hydrogen) atoms. The number of rotatable bonds is 2. The molecule has 0 fully saturated rings. The summed E-state index contributed by atoms with van der Waals surface area (Å²) in [4.78, 5) is 16.6. The maximum absolute atomic E-state index is 4.96. The Morgan fingerprint density at radius 2 is 1.44 bits per heavy atom. The molecule has 0 amide bonds. The van der Waals surface area contributed by atoms with E-state index in [0.29, 0.717) is 5.92 Å². The first-order valence-corrected chi connectivity index (χ1v) is 12.4. The molecular weight excluding hydrogens is 416 g/mol. The monoisotopic (exact) mass is 444 g/mol. The number of nitrogens with zero attached hydrogens (tertiary/aromatic N) is 2. The average molecular weight is 445 g/mol. The molecule has 2 aromatic heterocycles. The molecule has 2 aliphatic rings. The lowest BCUT2D eigenvalue weighted by molar-refractivity contribution is 0.798. The van der Waals surface area contributed by atoms with Gasteiger partial charge in [0.25, 0.3) is 0 Å². The van der Waals surface area contributed by atoms with E-state index in [-0.39, 0.29) is 0 Å². The summed E-state index contributed by atoms with van der Waals surface area (Å²) in [6.45, 7) is 6.42. The van der Waals surface area contributed by atoms with Gasteiger partial charge >= 0.3 is 0 Å². The van der Waals surface area contributed by atoms with Crippen LogP contribution in [0, 0.1) is 6.92 Å². The third-order valence-corrected chi connectivity index (χ3v) is 7.60. The minimum Gasteiger partial charge on any atom is -0.346 e. The summed E-state index contributed by atoms with van der Waals surface area (Å²) in [6, 6.07) is 18.4. The van der Waals surface area contributed by atoms with Crippen molar-refractivity contribution in [2.75, 3.05) is 0 Å². The van der Waals surface area contributed by atoms with Crippen molar-refractivity contribution in [3.05, 3.63) is 82.6 Å². The lowest BCUT2D eigenvalue weighted by atomic mass is 9.83. The molecular formula is C30H28N4. The predicted octanol–water partition coefficient (Wildman–Crippen LogP) is 6.92. The van der Waals surface area contributed by atoms with E-state index in [0.717, 1.165) is 54.1 Å². The Hall–Kier alpha value is -3.66. The van der Waals surface area contributed by atoms with Crippen LogP contribution in [0.4, 0.5) is 0 Å². The molecule has 0 saturated carbocycles. The van der Waals surface area contributed by atoms with Crippen molar-refractivity contribution in [1.82, 2.24) is 19.9 Å². The number of aromatic nitrogens is 4. The van der Waals surface area contributed by atoms with E-state index in [1.165, 1.54) is 50.2 Å². The Labute approximate surface area is 199 Å². The fourth-order valence-corrected chi connectivity index (χ4v) is 5.85. The number of hydrogen-bond acceptors (Lipinski definition) is 2. The molecule has 0 unspecified atom stereocenters. The maximum Gasteiger partial charge on any atom is 0.109 e. The van der Waals surface area contributed by atoms with Gasteiger partial charge in [-0.25, -0.2) is 9.97 Å². The second-order valence-electron chi connectivity index (χ2n) is 10.2. The molecule has 2 aliphatic carbocycles. The second kappa shape index (κ2) is 7.17. The summed E-state index contributed by atoms with van der Waals surface area (Å²) >= 11 is 0. The number of nitrogens with one attached hydrogen (secondary N) is 2. The molecule has 4 heteroatoms. The normalized spacial score (nSPS) is 14.1. The van der Waals surface area contributed by atoms with Crippen LogP contribution in [-0.2, 0) is 25.7 Å². The van der Waals surface area contributed by atoms with Crippen LogP contribution in [0.2, 0.25) is 0 Å². The predicted molar refractivity (Wildman–Crippen MR) is 138 cm³/mol. The number of fused-ring (bicyclic) bond motifs is 8. The van der Waals surface area contributed by atoms with Crippen molar-refractivity contribution in [3.63, 3.8) is 0 Å². The van der Waals surface area contributed by atoms with E-state index in [1.807, 2.05) is 6.92 Å². The van der Waals surface area contributed by atoms with E-state index < -0.39 is 0 Å². The number of aromatic amines is 2. The van der Waals surface area contributed by atoms with Crippen molar-refractivity contribution in [2.45, 2.75) is 52.4 Å². The minimum absolute atomic E-state index is 0.404. The van der Waals surface area contributed by atoms with Crippen molar-refractivity contribution >= 4 is 11.0 Å². The van der Waals surface area contributed by atoms with E-state index in [2.05, 4.69) is 72.3 Å². The maximum atomic E-state index is 4.96. The highest BCUT2D eigenvalue weighted by molar-refractivity contribution is 5.90. The molecule has 0 bridgehead atoms. The van der Waals surface area contributed by atoms with E-state index in [4.69, 9.17) is 9.97 Å². The van der Waals surface area contributed by atoms with Crippen LogP contribution in [0.5, 0.6) is 0 Å². The van der Waals surface area contributed by atoms with Crippen molar-refractivity contribution in [2.24, 2.45) is 0 Å². The van der Waals surface area contributed by atoms with Crippen molar-refractivity contribution in [1.29, 1.82) is 0 Å². The van der Waals surface area contributed by atoms with Gasteiger partial charge in [0, 0.05) is 17.2 Å². The number of benzene rings is 3. The molecule has 5 aromatic rings. The summed E-state index contributed by atoms with van der Waals surface area (Å²) in [5.41, 5.74) is 15.5. The Balaban J connectivity index is 1.28. The van der Waals surface area contributed by atoms with Gasteiger partial charge in [-0.15, -0.1) is 0 Å². The Kier molecular flexibility index (Phi) is 4.17. The lowest BCUT2D eigenvalue weighted by Gasteiger charge is -2.21. The topological polar surface area (TPSA) is 57.4 Å². The molecule has 0 radical (unpaired) electrons. The van der Waals surface area contributed by atoms with Crippen molar-refractivity contribution in [3.8, 4) is 33.5 Å². The van der Waals surface area contributed by atoms with Gasteiger partial charge in [0.15, 0.2) is 0 Å². The van der Waals surface area contributed by atoms with Gasteiger partial charge in [-0.2, -0.15) is 0 Å². The van der Waals surface area contributed by atoms with E-state index in [9.17, 15) is 0 Å². The minimum atomic E-state index is 0.404. The summed E-state index contributed by atoms with van der Waals surface area (Å²) in [5.74, 6) is 2.49. The molecule has 0 saturated heterocycles. The number of aryl methyl sites for hydroxylation is 5. The van der Waals surface area contributed by atoms with Gasteiger partial charge in [-0.3, -0.25) is 0 Å².